The van der Waals surface area contributed by atoms with Gasteiger partial charge in [-0.15, -0.1) is 0 Å². The van der Waals surface area contributed by atoms with Crippen LogP contribution in [0.4, 0.5) is 0 Å². The van der Waals surface area contributed by atoms with Crippen molar-refractivity contribution in [2.75, 3.05) is 59.5 Å². The highest BCUT2D eigenvalue weighted by Gasteiger charge is 2.56. The molecular formula is C45H74O37. The van der Waals surface area contributed by atoms with Gasteiger partial charge in [0, 0.05) is 0 Å². The van der Waals surface area contributed by atoms with Crippen LogP contribution in [0.25, 0.3) is 0 Å². The van der Waals surface area contributed by atoms with Crippen molar-refractivity contribution in [1.82, 2.24) is 0 Å². The summed E-state index contributed by atoms with van der Waals surface area (Å²) < 4.78 is 95.8. The Morgan fingerprint density at radius 3 is 0.854 bits per heavy atom. The van der Waals surface area contributed by atoms with Crippen molar-refractivity contribution in [2.24, 2.45) is 0 Å². The zero-order valence-corrected chi connectivity index (χ0v) is 43.0. The molecule has 9 fully saturated rings. The van der Waals surface area contributed by atoms with E-state index in [-0.39, 0.29) is 0 Å². The molecule has 0 radical (unpaired) electrons. The monoisotopic (exact) mass is 1210 g/mol. The Morgan fingerprint density at radius 2 is 0.512 bits per heavy atom. The van der Waals surface area contributed by atoms with Crippen LogP contribution in [0.2, 0.25) is 0 Å². The smallest absolute Gasteiger partial charge is 0.187 e. The summed E-state index contributed by atoms with van der Waals surface area (Å²) in [6.45, 7) is -5.45. The highest BCUT2D eigenvalue weighted by Crippen LogP contribution is 2.36. The molecule has 9 aliphatic rings. The molecule has 82 heavy (non-hydrogen) atoms. The first-order valence-corrected chi connectivity index (χ1v) is 26.3. The fourth-order valence-electron chi connectivity index (χ4n) is 10.4. The summed E-state index contributed by atoms with van der Waals surface area (Å²) in [5, 5.41) is 212. The molecule has 37 heteroatoms. The second-order valence-electron chi connectivity index (χ2n) is 21.1. The first kappa shape index (κ1) is 65.0. The molecule has 0 bridgehead atoms. The SMILES string of the molecule is OC[C@H]1O[C@H](O[C@@H]2[C@@H](O)[C@H](O[C@@H]3CO[C@@H](O[C@@H]4CO[C@@H](O)[C@H](O)[C@H]4O)[C@H](O)[C@H]3O)OC[C@H]2O[C@@H]2OC[C@@H](O[C@@H]3OC[C@@H](O[C@@H]4OC[C@@H](O[C@@H]5OC[C@@H](O)[C@H](O)[C@H]5O)[C@H](O)[C@H]4O)[C@H](O[C@H]4O[C@H](CO)[C@@H](O)[C@@H]4O)[C@H]3O)[C@H](O)[C@H]2O)[C@@H](O)[C@@H]1O. The summed E-state index contributed by atoms with van der Waals surface area (Å²) in [7, 11) is 0. The molecule has 20 N–H and O–H groups in total. The Kier molecular flexibility index (Phi) is 22.1. The van der Waals surface area contributed by atoms with Gasteiger partial charge in [-0.05, 0) is 0 Å². The van der Waals surface area contributed by atoms with Crippen LogP contribution in [0.5, 0.6) is 0 Å². The standard InChI is InChI=1S/C45H74O37/c46-1-11-20(50)31(61)44(73-11)81-35-17(79-40-29(59)23(53)14(5-69-40)76-38-27(57)19(49)10(48)3-67-38)8-72-43(34(35)64)78-16-7-70-41(30(60)25(16)55)80-18-9-71-42(33(63)36(18)82-45-32(62)21(51)12(2-47)74-45)77-15-6-68-39(28(58)24(15)54)75-13-4-66-37(65)26(56)22(13)52/h10-65H,1-9H2/t10-,11-,12-,13-,14-,15-,16-,17-,18-,19+,20-,21-,22+,23+,24+,25+,26-,27-,28-,29-,30-,31+,32+,33-,34-,35+,36+,37-,38+,39+,40+,41+,42+,43+,44-,45-/m1/s1. The number of aliphatic hydroxyl groups excluding tert-OH is 20. The zero-order valence-electron chi connectivity index (χ0n) is 43.0. The van der Waals surface area contributed by atoms with Crippen LogP contribution in [0, 0.1) is 0 Å². The maximum atomic E-state index is 11.8. The average Bonchev–Trinajstić information content (AvgIpc) is 4.08. The topological polar surface area (TPSA) is 562 Å². The summed E-state index contributed by atoms with van der Waals surface area (Å²) in [6.07, 6.45) is -61.6. The van der Waals surface area contributed by atoms with Crippen molar-refractivity contribution in [3.63, 3.8) is 0 Å². The molecule has 0 aromatic heterocycles. The number of ether oxygens (including phenoxy) is 17. The summed E-state index contributed by atoms with van der Waals surface area (Å²) >= 11 is 0. The Bertz CT molecular complexity index is 1980. The molecule has 0 saturated carbocycles. The molecule has 9 heterocycles. The van der Waals surface area contributed by atoms with Crippen molar-refractivity contribution >= 4 is 0 Å². The largest absolute Gasteiger partial charge is 0.394 e. The van der Waals surface area contributed by atoms with Gasteiger partial charge in [0.25, 0.3) is 0 Å². The second-order valence-corrected chi connectivity index (χ2v) is 21.1. The van der Waals surface area contributed by atoms with Crippen LogP contribution in [0.15, 0.2) is 0 Å². The molecule has 0 aliphatic carbocycles. The minimum Gasteiger partial charge on any atom is -0.394 e. The fourth-order valence-corrected chi connectivity index (χ4v) is 10.4. The van der Waals surface area contributed by atoms with Crippen LogP contribution in [0.1, 0.15) is 0 Å². The molecule has 0 aromatic carbocycles. The average molecular weight is 1210 g/mol. The maximum Gasteiger partial charge on any atom is 0.187 e. The summed E-state index contributed by atoms with van der Waals surface area (Å²) in [5.41, 5.74) is 0. The minimum absolute atomic E-state index is 0.437. The molecule has 0 aromatic rings. The van der Waals surface area contributed by atoms with E-state index in [2.05, 4.69) is 0 Å². The third-order valence-electron chi connectivity index (χ3n) is 15.5. The van der Waals surface area contributed by atoms with Gasteiger partial charge in [0.05, 0.1) is 59.5 Å². The van der Waals surface area contributed by atoms with Crippen molar-refractivity contribution in [3.8, 4) is 0 Å². The molecule has 37 nitrogen and oxygen atoms in total. The minimum atomic E-state index is -2.06. The number of aliphatic hydroxyl groups is 20. The highest BCUT2D eigenvalue weighted by atomic mass is 16.8. The van der Waals surface area contributed by atoms with Gasteiger partial charge in [0.15, 0.2) is 56.6 Å². The predicted octanol–water partition coefficient (Wildman–Crippen LogP) is -14.9. The van der Waals surface area contributed by atoms with Gasteiger partial charge in [-0.2, -0.15) is 0 Å². The van der Waals surface area contributed by atoms with E-state index in [9.17, 15) is 102 Å². The number of rotatable bonds is 18. The van der Waals surface area contributed by atoms with Crippen molar-refractivity contribution in [3.05, 3.63) is 0 Å². The Balaban J connectivity index is 0.828. The highest BCUT2D eigenvalue weighted by molar-refractivity contribution is 4.97. The number of hydrogen-bond acceptors (Lipinski definition) is 37. The first-order valence-electron chi connectivity index (χ1n) is 26.3. The van der Waals surface area contributed by atoms with E-state index in [0.29, 0.717) is 0 Å². The molecule has 9 saturated heterocycles. The van der Waals surface area contributed by atoms with Gasteiger partial charge in [-0.25, -0.2) is 0 Å². The van der Waals surface area contributed by atoms with Gasteiger partial charge in [-0.1, -0.05) is 0 Å². The maximum absolute atomic E-state index is 11.8. The summed E-state index contributed by atoms with van der Waals surface area (Å²) in [4.78, 5) is 0. The Hall–Kier alpha value is -1.48. The zero-order chi connectivity index (χ0) is 59.2. The van der Waals surface area contributed by atoms with Gasteiger partial charge in [-0.3, -0.25) is 0 Å². The molecule has 476 valence electrons. The molecule has 0 spiro atoms. The molecule has 9 rings (SSSR count). The summed E-state index contributed by atoms with van der Waals surface area (Å²) in [6, 6.07) is 0. The van der Waals surface area contributed by atoms with Crippen LogP contribution < -0.4 is 0 Å². The van der Waals surface area contributed by atoms with Gasteiger partial charge < -0.3 is 183 Å². The number of hydrogen-bond donors (Lipinski definition) is 20. The molecule has 0 amide bonds. The lowest BCUT2D eigenvalue weighted by Crippen LogP contribution is -2.64. The van der Waals surface area contributed by atoms with Gasteiger partial charge in [0.1, 0.15) is 165 Å². The quantitative estimate of drug-likeness (QED) is 0.0606. The van der Waals surface area contributed by atoms with Crippen molar-refractivity contribution in [1.29, 1.82) is 0 Å². The van der Waals surface area contributed by atoms with Crippen molar-refractivity contribution in [2.45, 2.75) is 221 Å². The fraction of sp³-hybridized carbons (Fsp3) is 1.00. The van der Waals surface area contributed by atoms with Crippen molar-refractivity contribution < 1.29 is 183 Å². The molecule has 9 aliphatic heterocycles. The van der Waals surface area contributed by atoms with E-state index in [4.69, 9.17) is 80.5 Å². The molecular weight excluding hydrogens is 1130 g/mol. The lowest BCUT2D eigenvalue weighted by molar-refractivity contribution is -0.378. The third-order valence-corrected chi connectivity index (χ3v) is 15.5. The molecule has 0 unspecified atom stereocenters. The van der Waals surface area contributed by atoms with E-state index < -0.39 is 281 Å². The third kappa shape index (κ3) is 13.7. The van der Waals surface area contributed by atoms with E-state index in [1.165, 1.54) is 0 Å². The molecule has 36 atom stereocenters. The first-order chi connectivity index (χ1) is 39.0. The van der Waals surface area contributed by atoms with Crippen LogP contribution in [-0.4, -0.2) is 383 Å². The van der Waals surface area contributed by atoms with Gasteiger partial charge in [0.2, 0.25) is 0 Å². The van der Waals surface area contributed by atoms with E-state index in [0.717, 1.165) is 0 Å². The van der Waals surface area contributed by atoms with Crippen LogP contribution in [0.3, 0.4) is 0 Å². The Labute approximate surface area is 463 Å². The normalized spacial score (nSPS) is 54.3. The van der Waals surface area contributed by atoms with E-state index >= 15 is 0 Å². The van der Waals surface area contributed by atoms with E-state index in [1.807, 2.05) is 0 Å². The second kappa shape index (κ2) is 27.9. The van der Waals surface area contributed by atoms with Crippen LogP contribution in [-0.2, 0) is 80.5 Å². The van der Waals surface area contributed by atoms with Crippen LogP contribution >= 0.6 is 0 Å². The van der Waals surface area contributed by atoms with Gasteiger partial charge >= 0.3 is 0 Å². The summed E-state index contributed by atoms with van der Waals surface area (Å²) in [5.74, 6) is 0. The predicted molar refractivity (Wildman–Crippen MR) is 243 cm³/mol. The van der Waals surface area contributed by atoms with E-state index in [1.54, 1.807) is 0 Å². The lowest BCUT2D eigenvalue weighted by Gasteiger charge is -2.47. The Morgan fingerprint density at radius 1 is 0.244 bits per heavy atom. The lowest BCUT2D eigenvalue weighted by atomic mass is 10.0.